The molecule has 1 aromatic rings. The fourth-order valence-electron chi connectivity index (χ4n) is 2.96. The van der Waals surface area contributed by atoms with Gasteiger partial charge in [-0.1, -0.05) is 0 Å². The van der Waals surface area contributed by atoms with Crippen LogP contribution >= 0.6 is 12.6 Å². The summed E-state index contributed by atoms with van der Waals surface area (Å²) in [6.45, 7) is 3.34. The number of carbonyl (C=O) groups excluding carboxylic acids is 1. The van der Waals surface area contributed by atoms with Crippen LogP contribution in [0.15, 0.2) is 18.7 Å². The number of nitrogens with zero attached hydrogens (tertiary/aromatic N) is 4. The molecule has 6 heteroatoms. The number of thiol groups is 1. The molecule has 1 aromatic heterocycles. The highest BCUT2D eigenvalue weighted by molar-refractivity contribution is 7.81. The van der Waals surface area contributed by atoms with E-state index in [0.29, 0.717) is 11.3 Å². The van der Waals surface area contributed by atoms with Gasteiger partial charge in [-0.25, -0.2) is 9.78 Å². The Morgan fingerprint density at radius 2 is 1.89 bits per heavy atom. The quantitative estimate of drug-likeness (QED) is 0.795. The van der Waals surface area contributed by atoms with E-state index in [1.807, 2.05) is 28.5 Å². The third-order valence-electron chi connectivity index (χ3n) is 4.12. The molecule has 2 amide bonds. The average Bonchev–Trinajstić information content (AvgIpc) is 3.09. The fourth-order valence-corrected chi connectivity index (χ4v) is 3.27. The molecule has 0 bridgehead atoms. The van der Waals surface area contributed by atoms with Crippen molar-refractivity contribution >= 4 is 18.7 Å². The third kappa shape index (κ3) is 2.73. The van der Waals surface area contributed by atoms with Crippen LogP contribution in [-0.2, 0) is 0 Å². The second-order valence-corrected chi connectivity index (χ2v) is 6.13. The van der Waals surface area contributed by atoms with E-state index < -0.39 is 0 Å². The molecule has 2 aliphatic heterocycles. The monoisotopic (exact) mass is 280 g/mol. The highest BCUT2D eigenvalue weighted by Gasteiger charge is 2.30. The van der Waals surface area contributed by atoms with Gasteiger partial charge in [0.25, 0.3) is 0 Å². The van der Waals surface area contributed by atoms with Crippen molar-refractivity contribution in [2.45, 2.75) is 30.6 Å². The van der Waals surface area contributed by atoms with E-state index in [1.54, 1.807) is 0 Å². The van der Waals surface area contributed by atoms with Crippen LogP contribution in [0.1, 0.15) is 25.3 Å². The lowest BCUT2D eigenvalue weighted by Crippen LogP contribution is -2.46. The van der Waals surface area contributed by atoms with E-state index in [-0.39, 0.29) is 6.03 Å². The minimum absolute atomic E-state index is 0.195. The molecule has 2 fully saturated rings. The SMILES string of the molecule is O=C(N1CCC(n2ccnc2)CC1)N1CCC(S)C1. The first-order chi connectivity index (χ1) is 9.24. The zero-order valence-corrected chi connectivity index (χ0v) is 11.9. The van der Waals surface area contributed by atoms with Crippen LogP contribution < -0.4 is 0 Å². The molecule has 2 aliphatic rings. The minimum atomic E-state index is 0.195. The van der Waals surface area contributed by atoms with Crippen LogP contribution in [-0.4, -0.2) is 56.8 Å². The van der Waals surface area contributed by atoms with Crippen molar-refractivity contribution in [2.75, 3.05) is 26.2 Å². The molecular formula is C13H20N4OS. The van der Waals surface area contributed by atoms with E-state index in [0.717, 1.165) is 45.4 Å². The summed E-state index contributed by atoms with van der Waals surface area (Å²) < 4.78 is 2.15. The van der Waals surface area contributed by atoms with E-state index in [4.69, 9.17) is 0 Å². The van der Waals surface area contributed by atoms with Crippen molar-refractivity contribution in [3.8, 4) is 0 Å². The van der Waals surface area contributed by atoms with Gasteiger partial charge in [0.15, 0.2) is 0 Å². The van der Waals surface area contributed by atoms with E-state index in [1.165, 1.54) is 0 Å². The predicted octanol–water partition coefficient (Wildman–Crippen LogP) is 1.64. The lowest BCUT2D eigenvalue weighted by Gasteiger charge is -2.35. The van der Waals surface area contributed by atoms with Crippen molar-refractivity contribution in [3.05, 3.63) is 18.7 Å². The van der Waals surface area contributed by atoms with Crippen molar-refractivity contribution in [2.24, 2.45) is 0 Å². The van der Waals surface area contributed by atoms with Crippen LogP contribution in [0.3, 0.4) is 0 Å². The van der Waals surface area contributed by atoms with Crippen LogP contribution in [0.2, 0.25) is 0 Å². The molecule has 0 aromatic carbocycles. The Bertz CT molecular complexity index is 428. The Hall–Kier alpha value is -1.17. The molecule has 0 aliphatic carbocycles. The first kappa shape index (κ1) is 12.8. The summed E-state index contributed by atoms with van der Waals surface area (Å²) in [5, 5.41) is 0.354. The second-order valence-electron chi connectivity index (χ2n) is 5.40. The lowest BCUT2D eigenvalue weighted by molar-refractivity contribution is 0.141. The number of carbonyl (C=O) groups is 1. The van der Waals surface area contributed by atoms with Gasteiger partial charge in [-0.2, -0.15) is 12.6 Å². The molecule has 3 rings (SSSR count). The molecule has 19 heavy (non-hydrogen) atoms. The van der Waals surface area contributed by atoms with Crippen molar-refractivity contribution in [3.63, 3.8) is 0 Å². The number of aromatic nitrogens is 2. The smallest absolute Gasteiger partial charge is 0.320 e. The topological polar surface area (TPSA) is 41.4 Å². The first-order valence-electron chi connectivity index (χ1n) is 6.93. The summed E-state index contributed by atoms with van der Waals surface area (Å²) in [6.07, 6.45) is 8.73. The summed E-state index contributed by atoms with van der Waals surface area (Å²) in [5.74, 6) is 0. The number of hydrogen-bond donors (Lipinski definition) is 1. The number of urea groups is 1. The minimum Gasteiger partial charge on any atom is -0.334 e. The molecule has 1 atom stereocenters. The standard InChI is InChI=1S/C13H20N4OS/c18-13(16-7-3-12(19)9-16)15-5-1-11(2-6-15)17-8-4-14-10-17/h4,8,10-12,19H,1-3,5-7,9H2. The van der Waals surface area contributed by atoms with Crippen LogP contribution in [0.25, 0.3) is 0 Å². The molecule has 0 saturated carbocycles. The summed E-state index contributed by atoms with van der Waals surface area (Å²) in [5.41, 5.74) is 0. The Labute approximate surface area is 119 Å². The Kier molecular flexibility index (Phi) is 3.68. The molecule has 2 saturated heterocycles. The molecule has 1 unspecified atom stereocenters. The van der Waals surface area contributed by atoms with Gasteiger partial charge in [0.1, 0.15) is 0 Å². The second kappa shape index (κ2) is 5.45. The van der Waals surface area contributed by atoms with Gasteiger partial charge < -0.3 is 14.4 Å². The molecule has 0 radical (unpaired) electrons. The van der Waals surface area contributed by atoms with Gasteiger partial charge in [0.05, 0.1) is 6.33 Å². The number of rotatable bonds is 1. The van der Waals surface area contributed by atoms with Gasteiger partial charge in [-0.05, 0) is 19.3 Å². The molecular weight excluding hydrogens is 260 g/mol. The number of amides is 2. The number of hydrogen-bond acceptors (Lipinski definition) is 3. The number of likely N-dealkylation sites (tertiary alicyclic amines) is 2. The molecule has 0 N–H and O–H groups in total. The average molecular weight is 280 g/mol. The van der Waals surface area contributed by atoms with Crippen molar-refractivity contribution in [1.82, 2.24) is 19.4 Å². The van der Waals surface area contributed by atoms with Crippen molar-refractivity contribution < 1.29 is 4.79 Å². The summed E-state index contributed by atoms with van der Waals surface area (Å²) in [6, 6.07) is 0.684. The summed E-state index contributed by atoms with van der Waals surface area (Å²) in [7, 11) is 0. The van der Waals surface area contributed by atoms with Gasteiger partial charge in [-0.3, -0.25) is 0 Å². The third-order valence-corrected chi connectivity index (χ3v) is 4.54. The van der Waals surface area contributed by atoms with Gasteiger partial charge >= 0.3 is 6.03 Å². The van der Waals surface area contributed by atoms with Gasteiger partial charge in [0, 0.05) is 49.9 Å². The zero-order valence-electron chi connectivity index (χ0n) is 11.0. The van der Waals surface area contributed by atoms with E-state index in [2.05, 4.69) is 22.2 Å². The van der Waals surface area contributed by atoms with Crippen molar-refractivity contribution in [1.29, 1.82) is 0 Å². The fraction of sp³-hybridized carbons (Fsp3) is 0.692. The largest absolute Gasteiger partial charge is 0.334 e. The summed E-state index contributed by atoms with van der Waals surface area (Å²) >= 11 is 4.44. The van der Waals surface area contributed by atoms with Gasteiger partial charge in [-0.15, -0.1) is 0 Å². The number of imidazole rings is 1. The highest BCUT2D eigenvalue weighted by Crippen LogP contribution is 2.24. The zero-order chi connectivity index (χ0) is 13.2. The Morgan fingerprint density at radius 3 is 2.47 bits per heavy atom. The maximum Gasteiger partial charge on any atom is 0.320 e. The molecule has 0 spiro atoms. The maximum absolute atomic E-state index is 12.3. The Balaban J connectivity index is 1.54. The first-order valence-corrected chi connectivity index (χ1v) is 7.45. The molecule has 5 nitrogen and oxygen atoms in total. The normalized spacial score (nSPS) is 25.0. The Morgan fingerprint density at radius 1 is 1.16 bits per heavy atom. The molecule has 3 heterocycles. The predicted molar refractivity (Wildman–Crippen MR) is 76.4 cm³/mol. The highest BCUT2D eigenvalue weighted by atomic mass is 32.1. The van der Waals surface area contributed by atoms with Crippen LogP contribution in [0.5, 0.6) is 0 Å². The maximum atomic E-state index is 12.3. The van der Waals surface area contributed by atoms with E-state index >= 15 is 0 Å². The molecule has 104 valence electrons. The number of piperidine rings is 1. The van der Waals surface area contributed by atoms with Crippen LogP contribution in [0.4, 0.5) is 4.79 Å². The van der Waals surface area contributed by atoms with Gasteiger partial charge in [0.2, 0.25) is 0 Å². The lowest BCUT2D eigenvalue weighted by atomic mass is 10.1. The van der Waals surface area contributed by atoms with Crippen LogP contribution in [0, 0.1) is 0 Å². The summed E-state index contributed by atoms with van der Waals surface area (Å²) in [4.78, 5) is 20.4. The van der Waals surface area contributed by atoms with E-state index in [9.17, 15) is 4.79 Å².